The van der Waals surface area contributed by atoms with Crippen molar-refractivity contribution in [3.05, 3.63) is 41.2 Å². The molecule has 0 radical (unpaired) electrons. The van der Waals surface area contributed by atoms with Crippen molar-refractivity contribution in [1.29, 1.82) is 0 Å². The minimum Gasteiger partial charge on any atom is -0.431 e. The van der Waals surface area contributed by atoms with Gasteiger partial charge in [-0.2, -0.15) is 0 Å². The lowest BCUT2D eigenvalue weighted by atomic mass is 9.82. The number of benzene rings is 2. The molecule has 4 heteroatoms. The third-order valence-corrected chi connectivity index (χ3v) is 3.53. The molecule has 0 heterocycles. The molecule has 3 nitrogen and oxygen atoms in total. The first-order valence-corrected chi connectivity index (χ1v) is 7.75. The van der Waals surface area contributed by atoms with E-state index >= 15 is 0 Å². The lowest BCUT2D eigenvalue weighted by Gasteiger charge is -2.23. The van der Waals surface area contributed by atoms with Crippen molar-refractivity contribution in [2.75, 3.05) is 0 Å². The molecule has 0 unspecified atom stereocenters. The van der Waals surface area contributed by atoms with Gasteiger partial charge in [-0.25, -0.2) is 9.18 Å². The third-order valence-electron chi connectivity index (χ3n) is 3.53. The van der Waals surface area contributed by atoms with Crippen molar-refractivity contribution in [3.8, 4) is 18.1 Å². The van der Waals surface area contributed by atoms with Gasteiger partial charge in [0.25, 0.3) is 0 Å². The molecule has 0 aliphatic carbocycles. The van der Waals surface area contributed by atoms with Gasteiger partial charge in [0.2, 0.25) is 0 Å². The zero-order valence-corrected chi connectivity index (χ0v) is 14.6. The second-order valence-electron chi connectivity index (χ2n) is 6.90. The summed E-state index contributed by atoms with van der Waals surface area (Å²) in [6.45, 7) is 9.45. The Morgan fingerprint density at radius 3 is 2.46 bits per heavy atom. The van der Waals surface area contributed by atoms with Crippen molar-refractivity contribution in [3.63, 3.8) is 0 Å². The van der Waals surface area contributed by atoms with Crippen LogP contribution in [0.2, 0.25) is 0 Å². The molecule has 0 saturated heterocycles. The normalized spacial score (nSPS) is 11.4. The molecular weight excluding hydrogens is 307 g/mol. The molecule has 2 rings (SSSR count). The Balaban J connectivity index is 2.65. The number of carbonyl (C=O) groups is 1. The first kappa shape index (κ1) is 17.8. The van der Waals surface area contributed by atoms with Gasteiger partial charge in [-0.3, -0.25) is 0 Å². The molecule has 0 aromatic heterocycles. The number of ether oxygens (including phenoxy) is 2. The average molecular weight is 328 g/mol. The second kappa shape index (κ2) is 6.52. The Morgan fingerprint density at radius 2 is 1.92 bits per heavy atom. The van der Waals surface area contributed by atoms with Crippen LogP contribution in [0.15, 0.2) is 24.3 Å². The summed E-state index contributed by atoms with van der Waals surface area (Å²) in [6.07, 6.45) is 4.46. The summed E-state index contributed by atoms with van der Waals surface area (Å²) in [5.74, 6) is 2.33. The minimum absolute atomic E-state index is 0.216. The van der Waals surface area contributed by atoms with Crippen molar-refractivity contribution in [1.82, 2.24) is 0 Å². The van der Waals surface area contributed by atoms with Gasteiger partial charge in [0.15, 0.2) is 0 Å². The number of rotatable bonds is 2. The quantitative estimate of drug-likeness (QED) is 0.433. The monoisotopic (exact) mass is 328 g/mol. The number of fused-ring (bicyclic) bond motifs is 1. The van der Waals surface area contributed by atoms with E-state index in [2.05, 4.69) is 5.92 Å². The Hall–Kier alpha value is -2.54. The Kier molecular flexibility index (Phi) is 4.84. The molecule has 0 aliphatic heterocycles. The molecule has 0 saturated carbocycles. The van der Waals surface area contributed by atoms with E-state index < -0.39 is 12.0 Å². The summed E-state index contributed by atoms with van der Waals surface area (Å²) in [5, 5.41) is 1.37. The van der Waals surface area contributed by atoms with Crippen LogP contribution >= 0.6 is 0 Å². The van der Waals surface area contributed by atoms with Gasteiger partial charge in [-0.1, -0.05) is 32.8 Å². The van der Waals surface area contributed by atoms with E-state index in [9.17, 15) is 9.18 Å². The van der Waals surface area contributed by atoms with Crippen LogP contribution < -0.4 is 4.74 Å². The van der Waals surface area contributed by atoms with E-state index in [0.29, 0.717) is 16.5 Å². The highest BCUT2D eigenvalue weighted by atomic mass is 19.1. The molecule has 2 aromatic rings. The van der Waals surface area contributed by atoms with Crippen molar-refractivity contribution in [2.24, 2.45) is 0 Å². The van der Waals surface area contributed by atoms with Crippen molar-refractivity contribution >= 4 is 16.9 Å². The zero-order chi connectivity index (χ0) is 18.1. The van der Waals surface area contributed by atoms with Crippen LogP contribution in [-0.2, 0) is 10.2 Å². The maximum absolute atomic E-state index is 14.1. The summed E-state index contributed by atoms with van der Waals surface area (Å²) in [7, 11) is 0. The fraction of sp³-hybridized carbons (Fsp3) is 0.350. The minimum atomic E-state index is -0.775. The van der Waals surface area contributed by atoms with E-state index in [1.807, 2.05) is 20.8 Å². The predicted molar refractivity (Wildman–Crippen MR) is 92.8 cm³/mol. The third kappa shape index (κ3) is 3.68. The zero-order valence-electron chi connectivity index (χ0n) is 14.6. The van der Waals surface area contributed by atoms with Crippen LogP contribution in [0, 0.1) is 18.2 Å². The van der Waals surface area contributed by atoms with Gasteiger partial charge in [0.05, 0.1) is 11.7 Å². The molecule has 24 heavy (non-hydrogen) atoms. The number of hydrogen-bond donors (Lipinski definition) is 0. The fourth-order valence-corrected chi connectivity index (χ4v) is 2.52. The molecule has 0 fully saturated rings. The molecule has 2 aromatic carbocycles. The Labute approximate surface area is 141 Å². The molecule has 0 aliphatic rings. The molecule has 0 atom stereocenters. The summed E-state index contributed by atoms with van der Waals surface area (Å²) in [4.78, 5) is 11.8. The summed E-state index contributed by atoms with van der Waals surface area (Å²) in [5.41, 5.74) is 0.701. The van der Waals surface area contributed by atoms with E-state index in [1.165, 1.54) is 6.07 Å². The number of halogens is 1. The van der Waals surface area contributed by atoms with E-state index in [1.54, 1.807) is 32.0 Å². The molecule has 0 amide bonds. The highest BCUT2D eigenvalue weighted by Crippen LogP contribution is 2.36. The smallest absolute Gasteiger partial charge is 0.431 e. The van der Waals surface area contributed by atoms with Gasteiger partial charge in [0, 0.05) is 5.39 Å². The molecular formula is C20H21FO3. The number of terminal acetylenes is 1. The standard InChI is InChI=1S/C20H21FO3/c1-7-15-17(21)9-8-13-10-14(24-19(22)23-12(2)3)11-16(18(13)15)20(4,5)6/h1,8-12H,2-6H3. The van der Waals surface area contributed by atoms with Crippen molar-refractivity contribution < 1.29 is 18.7 Å². The summed E-state index contributed by atoms with van der Waals surface area (Å²) in [6, 6.07) is 6.32. The van der Waals surface area contributed by atoms with E-state index in [-0.39, 0.29) is 17.1 Å². The molecule has 0 spiro atoms. The van der Waals surface area contributed by atoms with Crippen LogP contribution in [0.3, 0.4) is 0 Å². The van der Waals surface area contributed by atoms with Gasteiger partial charge < -0.3 is 9.47 Å². The van der Waals surface area contributed by atoms with Crippen LogP contribution in [0.5, 0.6) is 5.75 Å². The van der Waals surface area contributed by atoms with E-state index in [0.717, 1.165) is 5.56 Å². The fourth-order valence-electron chi connectivity index (χ4n) is 2.52. The maximum atomic E-state index is 14.1. The first-order chi connectivity index (χ1) is 11.1. The first-order valence-electron chi connectivity index (χ1n) is 7.75. The molecule has 0 bridgehead atoms. The SMILES string of the molecule is C#Cc1c(F)ccc2cc(OC(=O)OC(C)C)cc(C(C)(C)C)c12. The summed E-state index contributed by atoms with van der Waals surface area (Å²) >= 11 is 0. The predicted octanol–water partition coefficient (Wildman–Crippen LogP) is 5.18. The average Bonchev–Trinajstić information content (AvgIpc) is 2.44. The largest absolute Gasteiger partial charge is 0.514 e. The lowest BCUT2D eigenvalue weighted by molar-refractivity contribution is 0.0729. The van der Waals surface area contributed by atoms with Crippen LogP contribution in [-0.4, -0.2) is 12.3 Å². The lowest BCUT2D eigenvalue weighted by Crippen LogP contribution is -2.17. The number of hydrogen-bond acceptors (Lipinski definition) is 3. The Morgan fingerprint density at radius 1 is 1.25 bits per heavy atom. The van der Waals surface area contributed by atoms with Crippen LogP contribution in [0.4, 0.5) is 9.18 Å². The topological polar surface area (TPSA) is 35.5 Å². The highest BCUT2D eigenvalue weighted by molar-refractivity contribution is 5.93. The maximum Gasteiger partial charge on any atom is 0.514 e. The molecule has 126 valence electrons. The van der Waals surface area contributed by atoms with Crippen LogP contribution in [0.1, 0.15) is 45.7 Å². The van der Waals surface area contributed by atoms with E-state index in [4.69, 9.17) is 15.9 Å². The summed E-state index contributed by atoms with van der Waals surface area (Å²) < 4.78 is 24.4. The molecule has 0 N–H and O–H groups in total. The Bertz CT molecular complexity index is 823. The van der Waals surface area contributed by atoms with Gasteiger partial charge >= 0.3 is 6.16 Å². The van der Waals surface area contributed by atoms with Crippen LogP contribution in [0.25, 0.3) is 10.8 Å². The van der Waals surface area contributed by atoms with Crippen molar-refractivity contribution in [2.45, 2.75) is 46.1 Å². The second-order valence-corrected chi connectivity index (χ2v) is 6.90. The highest BCUT2D eigenvalue weighted by Gasteiger charge is 2.22. The number of carbonyl (C=O) groups excluding carboxylic acids is 1. The van der Waals surface area contributed by atoms with Gasteiger partial charge in [-0.05, 0) is 48.4 Å². The van der Waals surface area contributed by atoms with Gasteiger partial charge in [-0.15, -0.1) is 6.42 Å². The van der Waals surface area contributed by atoms with Gasteiger partial charge in [0.1, 0.15) is 11.6 Å².